The van der Waals surface area contributed by atoms with Gasteiger partial charge in [0.15, 0.2) is 22.4 Å². The molecule has 1 unspecified atom stereocenters. The van der Waals surface area contributed by atoms with Gasteiger partial charge in [0.1, 0.15) is 12.7 Å². The molecule has 0 aromatic rings. The van der Waals surface area contributed by atoms with Gasteiger partial charge in [-0.05, 0) is 104 Å². The molecule has 0 saturated heterocycles. The van der Waals surface area contributed by atoms with Crippen LogP contribution < -0.4 is 0 Å². The average molecular weight is 687 g/mol. The molecule has 0 aromatic heterocycles. The lowest BCUT2D eigenvalue weighted by molar-refractivity contribution is -0.217. The predicted molar refractivity (Wildman–Crippen MR) is 202 cm³/mol. The number of esters is 1. The lowest BCUT2D eigenvalue weighted by Gasteiger charge is -2.51. The molecule has 4 atom stereocenters. The van der Waals surface area contributed by atoms with E-state index in [2.05, 4.69) is 106 Å². The molecule has 3 rings (SSSR count). The molecule has 0 bridgehead atoms. The molecule has 0 heterocycles. The van der Waals surface area contributed by atoms with Crippen molar-refractivity contribution < 1.29 is 23.1 Å². The van der Waals surface area contributed by atoms with Crippen molar-refractivity contribution in [1.29, 1.82) is 0 Å². The van der Waals surface area contributed by atoms with Crippen molar-refractivity contribution in [3.8, 4) is 0 Å². The smallest absolute Gasteiger partial charge is 0.332 e. The fraction of sp³-hybridized carbons (Fsp3) is 0.775. The number of fused-ring (bicyclic) bond motifs is 1. The van der Waals surface area contributed by atoms with E-state index in [1.807, 2.05) is 13.8 Å². The lowest BCUT2D eigenvalue weighted by atomic mass is 9.64. The normalized spacial score (nSPS) is 29.4. The molecule has 0 aromatic carbocycles. The summed E-state index contributed by atoms with van der Waals surface area (Å²) in [6.07, 6.45) is 15.3. The van der Waals surface area contributed by atoms with Gasteiger partial charge in [0.05, 0.1) is 6.10 Å². The Morgan fingerprint density at radius 3 is 2.19 bits per heavy atom. The minimum absolute atomic E-state index is 0.0263. The van der Waals surface area contributed by atoms with Crippen LogP contribution in [0.25, 0.3) is 0 Å². The fourth-order valence-corrected chi connectivity index (χ4v) is 10.0. The molecule has 2 fully saturated rings. The van der Waals surface area contributed by atoms with Gasteiger partial charge in [-0.3, -0.25) is 0 Å². The second kappa shape index (κ2) is 14.9. The monoisotopic (exact) mass is 686 g/mol. The number of carbonyl (C=O) groups is 1. The highest BCUT2D eigenvalue weighted by Gasteiger charge is 2.52. The van der Waals surface area contributed by atoms with E-state index in [0.717, 1.165) is 43.3 Å². The Hall–Kier alpha value is -1.26. The maximum Gasteiger partial charge on any atom is 0.332 e. The molecule has 3 aliphatic carbocycles. The van der Waals surface area contributed by atoms with Crippen molar-refractivity contribution in [3.63, 3.8) is 0 Å². The van der Waals surface area contributed by atoms with E-state index in [1.165, 1.54) is 18.4 Å². The molecule has 0 spiro atoms. The second-order valence-electron chi connectivity index (χ2n) is 17.8. The zero-order chi connectivity index (χ0) is 35.6. The SMILES string of the molecule is C=C1C(=CC=C2CCC[C@]3(C)C(CC)=CC[C@@H]23)C[C@](OCC(=O)OC(CC)CC)(O[Si](C)(C)C(C)(C)C)CC1O[Si](C)(C)C(C)(C)C. The minimum atomic E-state index is -2.35. The standard InChI is InChI=1S/C40H70O5Si2/c1-16-32-23-24-34-30(20-19-25-39(32,34)11)21-22-31-26-40(45-47(14,15)38(8,9)10,42-28-36(41)43-33(17-2)18-3)27-35(29(31)4)44-46(12,13)37(5,6)7/h21-23,33-35H,4,16-20,24-28H2,1-3,5-15H3/t34-,35?,39+,40-/m0/s1. The molecule has 5 nitrogen and oxygen atoms in total. The summed E-state index contributed by atoms with van der Waals surface area (Å²) in [4.78, 5) is 13.2. The van der Waals surface area contributed by atoms with Gasteiger partial charge in [0, 0.05) is 12.8 Å². The van der Waals surface area contributed by atoms with Gasteiger partial charge < -0.3 is 18.3 Å². The number of ether oxygens (including phenoxy) is 2. The van der Waals surface area contributed by atoms with E-state index in [4.69, 9.17) is 18.3 Å². The summed E-state index contributed by atoms with van der Waals surface area (Å²) in [6, 6.07) is 0. The van der Waals surface area contributed by atoms with Crippen LogP contribution in [0.5, 0.6) is 0 Å². The van der Waals surface area contributed by atoms with Gasteiger partial charge in [-0.15, -0.1) is 0 Å². The molecular weight excluding hydrogens is 617 g/mol. The van der Waals surface area contributed by atoms with Crippen molar-refractivity contribution in [2.45, 2.75) is 181 Å². The Balaban J connectivity index is 2.10. The molecule has 2 saturated carbocycles. The highest BCUT2D eigenvalue weighted by Crippen LogP contribution is 2.56. The molecule has 7 heteroatoms. The number of hydrogen-bond donors (Lipinski definition) is 0. The van der Waals surface area contributed by atoms with Gasteiger partial charge in [0.2, 0.25) is 0 Å². The van der Waals surface area contributed by atoms with Gasteiger partial charge in [-0.25, -0.2) is 4.79 Å². The summed E-state index contributed by atoms with van der Waals surface area (Å²) in [5.74, 6) is -0.804. The summed E-state index contributed by atoms with van der Waals surface area (Å²) >= 11 is 0. The van der Waals surface area contributed by atoms with Crippen LogP contribution in [0.15, 0.2) is 47.1 Å². The third-order valence-corrected chi connectivity index (χ3v) is 21.5. The number of allylic oxidation sites excluding steroid dienone is 5. The molecule has 3 aliphatic rings. The lowest BCUT2D eigenvalue weighted by Crippen LogP contribution is -2.56. The summed E-state index contributed by atoms with van der Waals surface area (Å²) in [6.45, 7) is 36.1. The second-order valence-corrected chi connectivity index (χ2v) is 27.3. The van der Waals surface area contributed by atoms with E-state index in [9.17, 15) is 4.79 Å². The maximum absolute atomic E-state index is 13.2. The van der Waals surface area contributed by atoms with Crippen LogP contribution in [-0.2, 0) is 23.1 Å². The average Bonchev–Trinajstić information content (AvgIpc) is 3.30. The van der Waals surface area contributed by atoms with E-state index in [0.29, 0.717) is 18.8 Å². The number of rotatable bonds is 12. The first kappa shape index (κ1) is 40.2. The van der Waals surface area contributed by atoms with Crippen LogP contribution in [0.4, 0.5) is 0 Å². The van der Waals surface area contributed by atoms with Crippen LogP contribution in [-0.4, -0.2) is 47.2 Å². The molecule has 0 radical (unpaired) electrons. The van der Waals surface area contributed by atoms with Crippen LogP contribution in [0.1, 0.15) is 127 Å². The van der Waals surface area contributed by atoms with Crippen molar-refractivity contribution in [1.82, 2.24) is 0 Å². The van der Waals surface area contributed by atoms with Gasteiger partial charge in [-0.1, -0.05) is 105 Å². The first-order valence-electron chi connectivity index (χ1n) is 18.5. The van der Waals surface area contributed by atoms with Crippen molar-refractivity contribution in [2.24, 2.45) is 11.3 Å². The summed E-state index contributed by atoms with van der Waals surface area (Å²) < 4.78 is 27.0. The van der Waals surface area contributed by atoms with Crippen LogP contribution in [0.3, 0.4) is 0 Å². The Morgan fingerprint density at radius 2 is 1.64 bits per heavy atom. The van der Waals surface area contributed by atoms with Gasteiger partial charge in [0.25, 0.3) is 0 Å². The highest BCUT2D eigenvalue weighted by molar-refractivity contribution is 6.74. The Kier molecular flexibility index (Phi) is 12.8. The number of carbonyl (C=O) groups excluding carboxylic acids is 1. The Labute approximate surface area is 291 Å². The Morgan fingerprint density at radius 1 is 1.02 bits per heavy atom. The molecular formula is C40H70O5Si2. The fourth-order valence-electron chi connectivity index (χ4n) is 7.26. The van der Waals surface area contributed by atoms with E-state index >= 15 is 0 Å². The predicted octanol–water partition coefficient (Wildman–Crippen LogP) is 11.6. The van der Waals surface area contributed by atoms with Crippen LogP contribution in [0.2, 0.25) is 36.3 Å². The quantitative estimate of drug-likeness (QED) is 0.0885. The minimum Gasteiger partial charge on any atom is -0.461 e. The van der Waals surface area contributed by atoms with Gasteiger partial charge >= 0.3 is 5.97 Å². The summed E-state index contributed by atoms with van der Waals surface area (Å²) in [5, 5.41) is -0.0208. The van der Waals surface area contributed by atoms with Crippen molar-refractivity contribution in [2.75, 3.05) is 6.61 Å². The zero-order valence-corrected chi connectivity index (χ0v) is 34.8. The first-order chi connectivity index (χ1) is 21.5. The third kappa shape index (κ3) is 9.11. The van der Waals surface area contributed by atoms with E-state index < -0.39 is 22.4 Å². The Bertz CT molecular complexity index is 1230. The summed E-state index contributed by atoms with van der Waals surface area (Å²) in [5.41, 5.74) is 5.55. The third-order valence-electron chi connectivity index (χ3n) is 12.5. The highest BCUT2D eigenvalue weighted by atomic mass is 28.4. The maximum atomic E-state index is 13.2. The molecule has 47 heavy (non-hydrogen) atoms. The molecule has 0 N–H and O–H groups in total. The van der Waals surface area contributed by atoms with E-state index in [-0.39, 0.29) is 40.3 Å². The van der Waals surface area contributed by atoms with Crippen molar-refractivity contribution in [3.05, 3.63) is 47.1 Å². The summed E-state index contributed by atoms with van der Waals surface area (Å²) in [7, 11) is -4.55. The van der Waals surface area contributed by atoms with Crippen molar-refractivity contribution >= 4 is 22.6 Å². The van der Waals surface area contributed by atoms with Crippen LogP contribution in [0, 0.1) is 11.3 Å². The van der Waals surface area contributed by atoms with Gasteiger partial charge in [-0.2, -0.15) is 0 Å². The first-order valence-corrected chi connectivity index (χ1v) is 24.4. The van der Waals surface area contributed by atoms with Crippen LogP contribution >= 0.6 is 0 Å². The zero-order valence-electron chi connectivity index (χ0n) is 32.8. The molecule has 268 valence electrons. The molecule has 0 amide bonds. The topological polar surface area (TPSA) is 54.0 Å². The van der Waals surface area contributed by atoms with E-state index in [1.54, 1.807) is 5.57 Å². The largest absolute Gasteiger partial charge is 0.461 e. The molecule has 0 aliphatic heterocycles. The number of hydrogen-bond acceptors (Lipinski definition) is 5.